The summed E-state index contributed by atoms with van der Waals surface area (Å²) in [5, 5.41) is 1.94. The van der Waals surface area contributed by atoms with E-state index in [1.54, 1.807) is 35.1 Å². The summed E-state index contributed by atoms with van der Waals surface area (Å²) >= 11 is 3.25. The second-order valence-corrected chi connectivity index (χ2v) is 12.0. The van der Waals surface area contributed by atoms with Crippen molar-refractivity contribution in [3.63, 3.8) is 0 Å². The summed E-state index contributed by atoms with van der Waals surface area (Å²) in [6.07, 6.45) is 7.23. The summed E-state index contributed by atoms with van der Waals surface area (Å²) in [6.45, 7) is 0. The Morgan fingerprint density at radius 3 is 1.16 bits per heavy atom. The summed E-state index contributed by atoms with van der Waals surface area (Å²) in [5.41, 5.74) is 10.0. The van der Waals surface area contributed by atoms with Crippen molar-refractivity contribution >= 4 is 32.3 Å². The molecule has 0 aliphatic rings. The fraction of sp³-hybridized carbons (Fsp3) is 0. The van der Waals surface area contributed by atoms with Crippen LogP contribution in [0, 0.1) is 0 Å². The van der Waals surface area contributed by atoms with Crippen molar-refractivity contribution in [2.45, 2.75) is 0 Å². The van der Waals surface area contributed by atoms with Crippen molar-refractivity contribution in [2.24, 2.45) is 0 Å². The van der Waals surface area contributed by atoms with Crippen molar-refractivity contribution < 1.29 is 0 Å². The van der Waals surface area contributed by atoms with Gasteiger partial charge >= 0.3 is 0 Å². The quantitative estimate of drug-likeness (QED) is 0.189. The van der Waals surface area contributed by atoms with Gasteiger partial charge in [-0.1, -0.05) is 83.3 Å². The Balaban J connectivity index is 1.00. The van der Waals surface area contributed by atoms with Crippen LogP contribution in [0.4, 0.5) is 0 Å². The van der Waals surface area contributed by atoms with Crippen LogP contribution in [0.15, 0.2) is 134 Å². The zero-order valence-electron chi connectivity index (χ0n) is 23.2. The minimum Gasteiger partial charge on any atom is -0.255 e. The molecule has 8 aromatic rings. The maximum atomic E-state index is 4.93. The number of hydrogen-bond donors (Lipinski definition) is 0. The molecule has 0 N–H and O–H groups in total. The third-order valence-electron chi connectivity index (χ3n) is 7.28. The molecule has 0 unspecified atom stereocenters. The molecule has 44 heavy (non-hydrogen) atoms. The largest absolute Gasteiger partial charge is 0.255 e. The molecule has 0 spiro atoms. The van der Waals surface area contributed by atoms with Gasteiger partial charge in [0.15, 0.2) is 9.66 Å². The Morgan fingerprint density at radius 2 is 0.750 bits per heavy atom. The Labute approximate surface area is 261 Å². The molecule has 6 heterocycles. The van der Waals surface area contributed by atoms with E-state index in [1.165, 1.54) is 0 Å². The highest BCUT2D eigenvalue weighted by atomic mass is 32.1. The first-order valence-electron chi connectivity index (χ1n) is 14.0. The maximum Gasteiger partial charge on any atom is 0.155 e. The van der Waals surface area contributed by atoms with Crippen LogP contribution < -0.4 is 0 Å². The van der Waals surface area contributed by atoms with Gasteiger partial charge in [-0.05, 0) is 70.8 Å². The fourth-order valence-corrected chi connectivity index (χ4v) is 7.08. The van der Waals surface area contributed by atoms with Crippen LogP contribution in [0.5, 0.6) is 0 Å². The molecule has 208 valence electrons. The lowest BCUT2D eigenvalue weighted by Gasteiger charge is -2.06. The van der Waals surface area contributed by atoms with E-state index < -0.39 is 0 Å². The van der Waals surface area contributed by atoms with Crippen LogP contribution in [-0.4, -0.2) is 29.9 Å². The van der Waals surface area contributed by atoms with Crippen molar-refractivity contribution in [3.8, 4) is 66.2 Å². The highest BCUT2D eigenvalue weighted by Crippen LogP contribution is 2.38. The van der Waals surface area contributed by atoms with Gasteiger partial charge in [0.2, 0.25) is 0 Å². The minimum atomic E-state index is 0.857. The molecular weight excluding hydrogens is 581 g/mol. The minimum absolute atomic E-state index is 0.857. The normalized spacial score (nSPS) is 11.2. The average molecular weight is 603 g/mol. The lowest BCUT2D eigenvalue weighted by Crippen LogP contribution is -1.88. The van der Waals surface area contributed by atoms with E-state index in [4.69, 9.17) is 9.97 Å². The van der Waals surface area contributed by atoms with Gasteiger partial charge in [-0.2, -0.15) is 0 Å². The molecule has 0 bridgehead atoms. The number of fused-ring (bicyclic) bond motifs is 1. The molecule has 6 nitrogen and oxygen atoms in total. The molecule has 0 aliphatic heterocycles. The summed E-state index contributed by atoms with van der Waals surface area (Å²) in [5.74, 6) is 0. The Morgan fingerprint density at radius 1 is 0.341 bits per heavy atom. The number of benzene rings is 2. The first kappa shape index (κ1) is 26.2. The van der Waals surface area contributed by atoms with E-state index >= 15 is 0 Å². The third kappa shape index (κ3) is 5.17. The van der Waals surface area contributed by atoms with Crippen LogP contribution in [0.25, 0.3) is 75.8 Å². The first-order valence-corrected chi connectivity index (χ1v) is 15.6. The van der Waals surface area contributed by atoms with Gasteiger partial charge in [0.05, 0.1) is 22.8 Å². The van der Waals surface area contributed by atoms with Crippen molar-refractivity contribution in [1.29, 1.82) is 0 Å². The van der Waals surface area contributed by atoms with Crippen molar-refractivity contribution in [1.82, 2.24) is 29.9 Å². The molecule has 0 saturated carbocycles. The lowest BCUT2D eigenvalue weighted by molar-refractivity contribution is 1.25. The highest BCUT2D eigenvalue weighted by molar-refractivity contribution is 7.29. The molecule has 0 radical (unpaired) electrons. The predicted molar refractivity (Wildman–Crippen MR) is 179 cm³/mol. The van der Waals surface area contributed by atoms with Crippen molar-refractivity contribution in [3.05, 3.63) is 134 Å². The second-order valence-electron chi connectivity index (χ2n) is 10.1. The molecule has 8 heteroatoms. The number of nitrogens with zero attached hydrogens (tertiary/aromatic N) is 6. The van der Waals surface area contributed by atoms with Crippen LogP contribution in [0.1, 0.15) is 0 Å². The smallest absolute Gasteiger partial charge is 0.155 e. The number of rotatable bonds is 6. The van der Waals surface area contributed by atoms with Gasteiger partial charge in [0.25, 0.3) is 0 Å². The monoisotopic (exact) mass is 602 g/mol. The van der Waals surface area contributed by atoms with E-state index in [0.29, 0.717) is 0 Å². The van der Waals surface area contributed by atoms with Crippen LogP contribution in [0.3, 0.4) is 0 Å². The molecule has 0 fully saturated rings. The topological polar surface area (TPSA) is 77.3 Å². The lowest BCUT2D eigenvalue weighted by atomic mass is 10.0. The SMILES string of the molecule is c1ccc(-c2cc(-c3ccc(-c4nc5sc(-c6ccc(-c7ccnc(-c8ccccn8)c7)cc6)nc5s4)cc3)ccn2)nc1. The standard InChI is InChI=1S/C36H22N6S2/c1-3-17-37-29(5-1)31-21-27(15-19-39-31)23-7-11-25(12-8-23)33-41-35-36(43-33)42-34(44-35)26-13-9-24(10-14-26)28-16-20-40-32(22-28)30-6-2-4-18-38-30/h1-22H. The van der Waals surface area contributed by atoms with Gasteiger partial charge < -0.3 is 0 Å². The number of pyridine rings is 4. The number of thiazole rings is 2. The number of hydrogen-bond acceptors (Lipinski definition) is 8. The van der Waals surface area contributed by atoms with E-state index in [2.05, 4.69) is 80.6 Å². The molecule has 0 aliphatic carbocycles. The van der Waals surface area contributed by atoms with E-state index in [-0.39, 0.29) is 0 Å². The van der Waals surface area contributed by atoms with E-state index in [9.17, 15) is 0 Å². The van der Waals surface area contributed by atoms with Gasteiger partial charge in [-0.15, -0.1) is 0 Å². The summed E-state index contributed by atoms with van der Waals surface area (Å²) in [6, 6.07) is 36.9. The second kappa shape index (κ2) is 11.3. The Kier molecular flexibility index (Phi) is 6.75. The van der Waals surface area contributed by atoms with E-state index in [1.807, 2.05) is 60.9 Å². The van der Waals surface area contributed by atoms with Crippen LogP contribution >= 0.6 is 22.7 Å². The Hall–Kier alpha value is -5.44. The summed E-state index contributed by atoms with van der Waals surface area (Å²) in [4.78, 5) is 29.6. The molecule has 2 aromatic carbocycles. The van der Waals surface area contributed by atoms with Crippen LogP contribution in [0.2, 0.25) is 0 Å². The molecule has 0 saturated heterocycles. The zero-order valence-corrected chi connectivity index (χ0v) is 24.8. The molecule has 6 aromatic heterocycles. The van der Waals surface area contributed by atoms with Crippen molar-refractivity contribution in [2.75, 3.05) is 0 Å². The summed E-state index contributed by atoms with van der Waals surface area (Å²) < 4.78 is 0. The molecule has 8 rings (SSSR count). The molecular formula is C36H22N6S2. The third-order valence-corrected chi connectivity index (χ3v) is 9.41. The first-order chi connectivity index (χ1) is 21.8. The molecule has 0 amide bonds. The summed E-state index contributed by atoms with van der Waals surface area (Å²) in [7, 11) is 0. The van der Waals surface area contributed by atoms with Gasteiger partial charge in [-0.3, -0.25) is 19.9 Å². The van der Waals surface area contributed by atoms with Gasteiger partial charge in [0.1, 0.15) is 10.0 Å². The Bertz CT molecular complexity index is 2020. The predicted octanol–water partition coefficient (Wildman–Crippen LogP) is 9.33. The number of aromatic nitrogens is 6. The van der Waals surface area contributed by atoms with Crippen LogP contribution in [-0.2, 0) is 0 Å². The van der Waals surface area contributed by atoms with Gasteiger partial charge in [-0.25, -0.2) is 9.97 Å². The molecule has 0 atom stereocenters. The average Bonchev–Trinajstić information content (AvgIpc) is 3.70. The fourth-order valence-electron chi connectivity index (χ4n) is 5.03. The van der Waals surface area contributed by atoms with E-state index in [0.717, 1.165) is 75.8 Å². The highest BCUT2D eigenvalue weighted by Gasteiger charge is 2.14. The maximum absolute atomic E-state index is 4.93. The van der Waals surface area contributed by atoms with Gasteiger partial charge in [0, 0.05) is 35.9 Å². The zero-order chi connectivity index (χ0) is 29.3.